The summed E-state index contributed by atoms with van der Waals surface area (Å²) in [5.41, 5.74) is 2.53. The van der Waals surface area contributed by atoms with Crippen LogP contribution in [0.3, 0.4) is 0 Å². The van der Waals surface area contributed by atoms with Crippen LogP contribution in [0.1, 0.15) is 24.1 Å². The van der Waals surface area contributed by atoms with Gasteiger partial charge in [0.05, 0.1) is 4.34 Å². The predicted octanol–water partition coefficient (Wildman–Crippen LogP) is 5.01. The number of benzene rings is 1. The molecule has 90 valence electrons. The summed E-state index contributed by atoms with van der Waals surface area (Å²) in [7, 11) is 0. The monoisotopic (exact) mass is 329 g/mol. The molecule has 0 radical (unpaired) electrons. The maximum Gasteiger partial charge on any atom is 0.0931 e. The molecule has 0 aliphatic carbocycles. The Morgan fingerprint density at radius 3 is 2.65 bits per heavy atom. The fourth-order valence-electron chi connectivity index (χ4n) is 1.54. The van der Waals surface area contributed by atoms with Crippen LogP contribution < -0.4 is 5.32 Å². The predicted molar refractivity (Wildman–Crippen MR) is 78.7 cm³/mol. The van der Waals surface area contributed by atoms with Crippen molar-refractivity contribution >= 4 is 38.9 Å². The largest absolute Gasteiger partial charge is 0.306 e. The summed E-state index contributed by atoms with van der Waals surface area (Å²) < 4.78 is 1.95. The third kappa shape index (κ3) is 3.81. The van der Waals surface area contributed by atoms with E-state index in [-0.39, 0.29) is 0 Å². The standard InChI is InChI=1S/C13H13BrClNS/c1-9(11-6-13(15)17-8-11)16-7-10-2-4-12(14)5-3-10/h2-6,8-9,16H,7H2,1H3. The number of hydrogen-bond donors (Lipinski definition) is 1. The molecule has 1 atom stereocenters. The molecule has 1 aromatic heterocycles. The van der Waals surface area contributed by atoms with Crippen LogP contribution in [0.25, 0.3) is 0 Å². The average molecular weight is 331 g/mol. The lowest BCUT2D eigenvalue weighted by atomic mass is 10.1. The third-order valence-corrected chi connectivity index (χ3v) is 4.25. The summed E-state index contributed by atoms with van der Waals surface area (Å²) in [5.74, 6) is 0. The maximum atomic E-state index is 5.92. The summed E-state index contributed by atoms with van der Waals surface area (Å²) in [6.45, 7) is 3.01. The second-order valence-electron chi connectivity index (χ2n) is 3.91. The summed E-state index contributed by atoms with van der Waals surface area (Å²) >= 11 is 10.9. The highest BCUT2D eigenvalue weighted by atomic mass is 79.9. The molecule has 0 fully saturated rings. The molecule has 0 spiro atoms. The van der Waals surface area contributed by atoms with Gasteiger partial charge in [0.25, 0.3) is 0 Å². The minimum Gasteiger partial charge on any atom is -0.306 e. The molecule has 17 heavy (non-hydrogen) atoms. The third-order valence-electron chi connectivity index (χ3n) is 2.61. The highest BCUT2D eigenvalue weighted by Crippen LogP contribution is 2.24. The van der Waals surface area contributed by atoms with Gasteiger partial charge in [-0.25, -0.2) is 0 Å². The van der Waals surface area contributed by atoms with Gasteiger partial charge in [0.1, 0.15) is 0 Å². The first-order chi connectivity index (χ1) is 8.15. The molecule has 1 aromatic carbocycles. The number of rotatable bonds is 4. The molecule has 0 amide bonds. The van der Waals surface area contributed by atoms with E-state index in [1.165, 1.54) is 11.1 Å². The van der Waals surface area contributed by atoms with Crippen LogP contribution in [0.4, 0.5) is 0 Å². The number of hydrogen-bond acceptors (Lipinski definition) is 2. The van der Waals surface area contributed by atoms with Gasteiger partial charge in [0.2, 0.25) is 0 Å². The molecule has 1 nitrogen and oxygen atoms in total. The molecule has 0 saturated heterocycles. The molecule has 1 unspecified atom stereocenters. The zero-order valence-corrected chi connectivity index (χ0v) is 12.6. The van der Waals surface area contributed by atoms with Gasteiger partial charge >= 0.3 is 0 Å². The first kappa shape index (κ1) is 13.1. The fourth-order valence-corrected chi connectivity index (χ4v) is 2.79. The molecule has 2 aromatic rings. The van der Waals surface area contributed by atoms with Crippen molar-refractivity contribution in [3.63, 3.8) is 0 Å². The quantitative estimate of drug-likeness (QED) is 0.830. The van der Waals surface area contributed by atoms with Crippen molar-refractivity contribution in [3.8, 4) is 0 Å². The Hall–Kier alpha value is -0.350. The van der Waals surface area contributed by atoms with E-state index in [9.17, 15) is 0 Å². The molecule has 1 N–H and O–H groups in total. The molecule has 2 rings (SSSR count). The van der Waals surface area contributed by atoms with Crippen molar-refractivity contribution < 1.29 is 0 Å². The SMILES string of the molecule is CC(NCc1ccc(Br)cc1)c1csc(Cl)c1. The Kier molecular flexibility index (Phi) is 4.62. The van der Waals surface area contributed by atoms with Gasteiger partial charge in [-0.15, -0.1) is 11.3 Å². The summed E-state index contributed by atoms with van der Waals surface area (Å²) in [4.78, 5) is 0. The van der Waals surface area contributed by atoms with Gasteiger partial charge in [-0.05, 0) is 41.6 Å². The second kappa shape index (κ2) is 6.01. The van der Waals surface area contributed by atoms with Crippen molar-refractivity contribution in [3.05, 3.63) is 55.6 Å². The average Bonchev–Trinajstić information content (AvgIpc) is 2.75. The van der Waals surface area contributed by atoms with Crippen molar-refractivity contribution in [1.82, 2.24) is 5.32 Å². The number of halogens is 2. The lowest BCUT2D eigenvalue weighted by Crippen LogP contribution is -2.17. The zero-order chi connectivity index (χ0) is 12.3. The maximum absolute atomic E-state index is 5.92. The highest BCUT2D eigenvalue weighted by Gasteiger charge is 2.06. The lowest BCUT2D eigenvalue weighted by Gasteiger charge is -2.12. The lowest BCUT2D eigenvalue weighted by molar-refractivity contribution is 0.576. The first-order valence-corrected chi connectivity index (χ1v) is 7.42. The van der Waals surface area contributed by atoms with Crippen molar-refractivity contribution in [2.45, 2.75) is 19.5 Å². The molecule has 0 bridgehead atoms. The Morgan fingerprint density at radius 2 is 2.06 bits per heavy atom. The second-order valence-corrected chi connectivity index (χ2v) is 6.37. The summed E-state index contributed by atoms with van der Waals surface area (Å²) in [6.07, 6.45) is 0. The zero-order valence-electron chi connectivity index (χ0n) is 9.41. The van der Waals surface area contributed by atoms with Gasteiger partial charge in [-0.3, -0.25) is 0 Å². The molecular formula is C13H13BrClNS. The minimum absolute atomic E-state index is 0.322. The molecule has 0 saturated carbocycles. The molecule has 1 heterocycles. The van der Waals surface area contributed by atoms with Crippen LogP contribution in [-0.2, 0) is 6.54 Å². The molecule has 4 heteroatoms. The normalized spacial score (nSPS) is 12.6. The molecule has 0 aliphatic rings. The Bertz CT molecular complexity index is 480. The fraction of sp³-hybridized carbons (Fsp3) is 0.231. The summed E-state index contributed by atoms with van der Waals surface area (Å²) in [5, 5.41) is 5.58. The van der Waals surface area contributed by atoms with E-state index in [0.717, 1.165) is 15.4 Å². The van der Waals surface area contributed by atoms with Crippen molar-refractivity contribution in [1.29, 1.82) is 0 Å². The van der Waals surface area contributed by atoms with Crippen LogP contribution in [-0.4, -0.2) is 0 Å². The van der Waals surface area contributed by atoms with E-state index in [0.29, 0.717) is 6.04 Å². The van der Waals surface area contributed by atoms with Gasteiger partial charge < -0.3 is 5.32 Å². The van der Waals surface area contributed by atoms with Crippen molar-refractivity contribution in [2.75, 3.05) is 0 Å². The Labute approximate surface area is 119 Å². The van der Waals surface area contributed by atoms with Crippen LogP contribution in [0.5, 0.6) is 0 Å². The van der Waals surface area contributed by atoms with Crippen LogP contribution in [0.15, 0.2) is 40.2 Å². The Morgan fingerprint density at radius 1 is 1.35 bits per heavy atom. The van der Waals surface area contributed by atoms with Crippen LogP contribution >= 0.6 is 38.9 Å². The first-order valence-electron chi connectivity index (χ1n) is 5.37. The van der Waals surface area contributed by atoms with Crippen LogP contribution in [0, 0.1) is 0 Å². The highest BCUT2D eigenvalue weighted by molar-refractivity contribution is 9.10. The van der Waals surface area contributed by atoms with Crippen molar-refractivity contribution in [2.24, 2.45) is 0 Å². The van der Waals surface area contributed by atoms with Gasteiger partial charge in [0, 0.05) is 17.1 Å². The van der Waals surface area contributed by atoms with Gasteiger partial charge in [0.15, 0.2) is 0 Å². The Balaban J connectivity index is 1.92. The van der Waals surface area contributed by atoms with E-state index in [1.807, 2.05) is 6.07 Å². The van der Waals surface area contributed by atoms with E-state index >= 15 is 0 Å². The van der Waals surface area contributed by atoms with Gasteiger partial charge in [-0.1, -0.05) is 39.7 Å². The molecular weight excluding hydrogens is 318 g/mol. The van der Waals surface area contributed by atoms with Gasteiger partial charge in [-0.2, -0.15) is 0 Å². The summed E-state index contributed by atoms with van der Waals surface area (Å²) in [6, 6.07) is 10.7. The van der Waals surface area contributed by atoms with E-state index in [1.54, 1.807) is 11.3 Å². The smallest absolute Gasteiger partial charge is 0.0931 e. The van der Waals surface area contributed by atoms with E-state index < -0.39 is 0 Å². The number of nitrogens with one attached hydrogen (secondary N) is 1. The van der Waals surface area contributed by atoms with Crippen LogP contribution in [0.2, 0.25) is 4.34 Å². The molecule has 0 aliphatic heterocycles. The topological polar surface area (TPSA) is 12.0 Å². The van der Waals surface area contributed by atoms with E-state index in [4.69, 9.17) is 11.6 Å². The minimum atomic E-state index is 0.322. The van der Waals surface area contributed by atoms with E-state index in [2.05, 4.69) is 57.8 Å². The number of thiophene rings is 1.